The topological polar surface area (TPSA) is 62.2 Å². The smallest absolute Gasteiger partial charge is 0.187 e. The Morgan fingerprint density at radius 1 is 0.920 bits per heavy atom. The minimum atomic E-state index is 0.161. The molecule has 122 valence electrons. The highest BCUT2D eigenvalue weighted by atomic mass is 16.3. The molecule has 2 aromatic heterocycles. The van der Waals surface area contributed by atoms with Crippen LogP contribution in [0.4, 0.5) is 11.5 Å². The van der Waals surface area contributed by atoms with Gasteiger partial charge in [-0.15, -0.1) is 10.2 Å². The van der Waals surface area contributed by atoms with Gasteiger partial charge in [0.1, 0.15) is 17.1 Å². The number of phenolic OH excluding ortho intramolecular Hbond substituents is 1. The SMILES string of the molecule is Cc1cccn2c(N=Nc3cccc(O)c3)c(-c3ccccc3)nc12. The molecule has 0 unspecified atom stereocenters. The fourth-order valence-electron chi connectivity index (χ4n) is 2.74. The van der Waals surface area contributed by atoms with E-state index in [1.54, 1.807) is 24.3 Å². The summed E-state index contributed by atoms with van der Waals surface area (Å²) in [4.78, 5) is 4.77. The van der Waals surface area contributed by atoms with Crippen molar-refractivity contribution >= 4 is 17.2 Å². The third-order valence-corrected chi connectivity index (χ3v) is 3.96. The van der Waals surface area contributed by atoms with E-state index in [0.29, 0.717) is 11.5 Å². The van der Waals surface area contributed by atoms with E-state index in [1.807, 2.05) is 60.0 Å². The molecule has 0 radical (unpaired) electrons. The van der Waals surface area contributed by atoms with Gasteiger partial charge in [0.15, 0.2) is 5.82 Å². The fraction of sp³-hybridized carbons (Fsp3) is 0.0500. The van der Waals surface area contributed by atoms with Gasteiger partial charge in [0.25, 0.3) is 0 Å². The zero-order valence-electron chi connectivity index (χ0n) is 13.7. The van der Waals surface area contributed by atoms with E-state index in [0.717, 1.165) is 22.5 Å². The van der Waals surface area contributed by atoms with Gasteiger partial charge in [-0.05, 0) is 30.7 Å². The van der Waals surface area contributed by atoms with Gasteiger partial charge in [0.05, 0.1) is 5.69 Å². The van der Waals surface area contributed by atoms with Crippen molar-refractivity contribution in [1.29, 1.82) is 0 Å². The molecule has 0 aliphatic rings. The quantitative estimate of drug-likeness (QED) is 0.510. The summed E-state index contributed by atoms with van der Waals surface area (Å²) < 4.78 is 1.93. The number of pyridine rings is 1. The predicted octanol–water partition coefficient (Wildman–Crippen LogP) is 5.43. The number of azo groups is 1. The number of benzene rings is 2. The first kappa shape index (κ1) is 15.1. The molecule has 0 atom stereocenters. The number of aromatic hydroxyl groups is 1. The third-order valence-electron chi connectivity index (χ3n) is 3.96. The Balaban J connectivity index is 1.90. The molecule has 5 heteroatoms. The number of aryl methyl sites for hydroxylation is 1. The minimum Gasteiger partial charge on any atom is -0.508 e. The van der Waals surface area contributed by atoms with Crippen molar-refractivity contribution in [2.45, 2.75) is 6.92 Å². The third kappa shape index (κ3) is 2.87. The van der Waals surface area contributed by atoms with Crippen LogP contribution in [0.2, 0.25) is 0 Å². The monoisotopic (exact) mass is 328 g/mol. The van der Waals surface area contributed by atoms with Gasteiger partial charge in [0.2, 0.25) is 0 Å². The van der Waals surface area contributed by atoms with Gasteiger partial charge >= 0.3 is 0 Å². The van der Waals surface area contributed by atoms with Crippen LogP contribution in [0.25, 0.3) is 16.9 Å². The van der Waals surface area contributed by atoms with E-state index in [-0.39, 0.29) is 5.75 Å². The molecule has 25 heavy (non-hydrogen) atoms. The average molecular weight is 328 g/mol. The lowest BCUT2D eigenvalue weighted by Gasteiger charge is -2.00. The lowest BCUT2D eigenvalue weighted by Crippen LogP contribution is -1.85. The summed E-state index contributed by atoms with van der Waals surface area (Å²) in [6.45, 7) is 2.02. The summed E-state index contributed by atoms with van der Waals surface area (Å²) in [6.07, 6.45) is 1.93. The van der Waals surface area contributed by atoms with Gasteiger partial charge < -0.3 is 5.11 Å². The Bertz CT molecular complexity index is 1070. The molecule has 0 bridgehead atoms. The van der Waals surface area contributed by atoms with Crippen molar-refractivity contribution in [3.05, 3.63) is 78.5 Å². The average Bonchev–Trinajstić information content (AvgIpc) is 3.01. The van der Waals surface area contributed by atoms with Crippen LogP contribution in [0, 0.1) is 6.92 Å². The highest BCUT2D eigenvalue weighted by molar-refractivity contribution is 5.75. The molecule has 0 aliphatic heterocycles. The molecule has 0 aliphatic carbocycles. The van der Waals surface area contributed by atoms with Crippen LogP contribution in [0.5, 0.6) is 5.75 Å². The molecule has 4 rings (SSSR count). The number of aromatic nitrogens is 2. The van der Waals surface area contributed by atoms with Crippen LogP contribution >= 0.6 is 0 Å². The van der Waals surface area contributed by atoms with E-state index >= 15 is 0 Å². The Morgan fingerprint density at radius 2 is 1.76 bits per heavy atom. The van der Waals surface area contributed by atoms with Crippen LogP contribution < -0.4 is 0 Å². The van der Waals surface area contributed by atoms with Crippen molar-refractivity contribution in [3.8, 4) is 17.0 Å². The maximum absolute atomic E-state index is 9.59. The number of hydrogen-bond donors (Lipinski definition) is 1. The summed E-state index contributed by atoms with van der Waals surface area (Å²) in [5.74, 6) is 0.821. The van der Waals surface area contributed by atoms with Crippen molar-refractivity contribution in [3.63, 3.8) is 0 Å². The second-order valence-corrected chi connectivity index (χ2v) is 5.75. The van der Waals surface area contributed by atoms with E-state index in [4.69, 9.17) is 4.98 Å². The van der Waals surface area contributed by atoms with E-state index in [9.17, 15) is 5.11 Å². The van der Waals surface area contributed by atoms with Crippen molar-refractivity contribution in [2.24, 2.45) is 10.2 Å². The molecular formula is C20H16N4O. The lowest BCUT2D eigenvalue weighted by atomic mass is 10.1. The maximum atomic E-state index is 9.59. The maximum Gasteiger partial charge on any atom is 0.187 e. The first-order chi connectivity index (χ1) is 12.2. The lowest BCUT2D eigenvalue weighted by molar-refractivity contribution is 0.475. The summed E-state index contributed by atoms with van der Waals surface area (Å²) in [5, 5.41) is 18.3. The van der Waals surface area contributed by atoms with Crippen molar-refractivity contribution < 1.29 is 5.11 Å². The van der Waals surface area contributed by atoms with Gasteiger partial charge in [-0.25, -0.2) is 4.98 Å². The Labute approximate surface area is 144 Å². The standard InChI is InChI=1S/C20H16N4O/c1-14-7-6-12-24-19(14)21-18(15-8-3-2-4-9-15)20(24)23-22-16-10-5-11-17(25)13-16/h2-13,25H,1H3. The first-order valence-corrected chi connectivity index (χ1v) is 7.96. The van der Waals surface area contributed by atoms with Crippen molar-refractivity contribution in [2.75, 3.05) is 0 Å². The van der Waals surface area contributed by atoms with Gasteiger partial charge in [-0.1, -0.05) is 42.5 Å². The van der Waals surface area contributed by atoms with Crippen LogP contribution in [-0.4, -0.2) is 14.5 Å². The Kier molecular flexibility index (Phi) is 3.74. The zero-order valence-corrected chi connectivity index (χ0v) is 13.7. The number of nitrogens with zero attached hydrogens (tertiary/aromatic N) is 4. The highest BCUT2D eigenvalue weighted by Gasteiger charge is 2.14. The molecule has 4 aromatic rings. The summed E-state index contributed by atoms with van der Waals surface area (Å²) in [5.41, 5.74) is 4.26. The van der Waals surface area contributed by atoms with E-state index in [1.165, 1.54) is 0 Å². The minimum absolute atomic E-state index is 0.161. The highest BCUT2D eigenvalue weighted by Crippen LogP contribution is 2.33. The Morgan fingerprint density at radius 3 is 2.56 bits per heavy atom. The van der Waals surface area contributed by atoms with Gasteiger partial charge in [-0.2, -0.15) is 0 Å². The van der Waals surface area contributed by atoms with Crippen LogP contribution in [0.15, 0.2) is 83.2 Å². The van der Waals surface area contributed by atoms with Crippen LogP contribution in [0.1, 0.15) is 5.56 Å². The number of hydrogen-bond acceptors (Lipinski definition) is 4. The number of rotatable bonds is 3. The normalized spacial score (nSPS) is 11.4. The molecule has 0 fully saturated rings. The summed E-state index contributed by atoms with van der Waals surface area (Å²) >= 11 is 0. The number of phenols is 1. The summed E-state index contributed by atoms with van der Waals surface area (Å²) in [6, 6.07) is 20.6. The van der Waals surface area contributed by atoms with E-state index < -0.39 is 0 Å². The fourth-order valence-corrected chi connectivity index (χ4v) is 2.74. The van der Waals surface area contributed by atoms with Crippen LogP contribution in [-0.2, 0) is 0 Å². The molecule has 0 spiro atoms. The van der Waals surface area contributed by atoms with E-state index in [2.05, 4.69) is 10.2 Å². The summed E-state index contributed by atoms with van der Waals surface area (Å²) in [7, 11) is 0. The molecule has 0 amide bonds. The second-order valence-electron chi connectivity index (χ2n) is 5.75. The van der Waals surface area contributed by atoms with Gasteiger partial charge in [-0.3, -0.25) is 4.40 Å². The molecule has 2 heterocycles. The Hall–Kier alpha value is -3.47. The number of imidazole rings is 1. The molecule has 1 N–H and O–H groups in total. The van der Waals surface area contributed by atoms with Crippen molar-refractivity contribution in [1.82, 2.24) is 9.38 Å². The largest absolute Gasteiger partial charge is 0.508 e. The predicted molar refractivity (Wildman–Crippen MR) is 97.6 cm³/mol. The first-order valence-electron chi connectivity index (χ1n) is 7.96. The molecule has 0 saturated heterocycles. The molecular weight excluding hydrogens is 312 g/mol. The molecule has 0 saturated carbocycles. The second kappa shape index (κ2) is 6.20. The molecule has 5 nitrogen and oxygen atoms in total. The van der Waals surface area contributed by atoms with Crippen LogP contribution in [0.3, 0.4) is 0 Å². The number of fused-ring (bicyclic) bond motifs is 1. The molecule has 2 aromatic carbocycles. The van der Waals surface area contributed by atoms with Gasteiger partial charge in [0, 0.05) is 17.8 Å². The zero-order chi connectivity index (χ0) is 17.2.